The van der Waals surface area contributed by atoms with Crippen LogP contribution in [0.25, 0.3) is 16.3 Å². The molecule has 4 aromatic rings. The van der Waals surface area contributed by atoms with Gasteiger partial charge in [0.15, 0.2) is 0 Å². The first-order chi connectivity index (χ1) is 16.3. The van der Waals surface area contributed by atoms with Crippen LogP contribution < -0.4 is 10.2 Å². The van der Waals surface area contributed by atoms with E-state index in [2.05, 4.69) is 11.4 Å². The molecule has 0 radical (unpaired) electrons. The van der Waals surface area contributed by atoms with E-state index in [1.54, 1.807) is 0 Å². The van der Waals surface area contributed by atoms with Crippen molar-refractivity contribution >= 4 is 39.5 Å². The molecule has 0 unspecified atom stereocenters. The Morgan fingerprint density at radius 1 is 0.676 bits per heavy atom. The van der Waals surface area contributed by atoms with Gasteiger partial charge in [-0.2, -0.15) is 0 Å². The lowest BCUT2D eigenvalue weighted by Crippen LogP contribution is -2.32. The number of carbonyl (C=O) groups excluding carboxylic acids is 2. The van der Waals surface area contributed by atoms with E-state index in [-0.39, 0.29) is 11.8 Å². The zero-order chi connectivity index (χ0) is 24.0. The summed E-state index contributed by atoms with van der Waals surface area (Å²) in [5.41, 5.74) is 7.07. The maximum absolute atomic E-state index is 13.9. The molecule has 5 rings (SSSR count). The van der Waals surface area contributed by atoms with E-state index in [4.69, 9.17) is 0 Å². The summed E-state index contributed by atoms with van der Waals surface area (Å²) in [6.07, 6.45) is 0. The minimum atomic E-state index is -0.351. The van der Waals surface area contributed by atoms with Crippen LogP contribution in [0.4, 0.5) is 11.4 Å². The number of fused-ring (bicyclic) bond motifs is 1. The van der Waals surface area contributed by atoms with Crippen molar-refractivity contribution in [3.63, 3.8) is 0 Å². The van der Waals surface area contributed by atoms with Gasteiger partial charge in [0.05, 0.1) is 11.3 Å². The van der Waals surface area contributed by atoms with Crippen LogP contribution in [-0.4, -0.2) is 11.8 Å². The average Bonchev–Trinajstić information content (AvgIpc) is 3.04. The Morgan fingerprint density at radius 2 is 1.35 bits per heavy atom. The van der Waals surface area contributed by atoms with Crippen molar-refractivity contribution in [3.8, 4) is 0 Å². The molecule has 0 saturated heterocycles. The first-order valence-electron chi connectivity index (χ1n) is 11.4. The summed E-state index contributed by atoms with van der Waals surface area (Å²) in [7, 11) is 0. The highest BCUT2D eigenvalue weighted by Crippen LogP contribution is 2.38. The molecule has 0 aliphatic carbocycles. The SMILES string of the molecule is Cc1ccc(NC2=C(c3ccc(C)cc3C)C(=O)N(c3cccc4ccccc34)C2=O)c(C)c1. The van der Waals surface area contributed by atoms with Gasteiger partial charge in [0.1, 0.15) is 5.70 Å². The number of rotatable bonds is 4. The third kappa shape index (κ3) is 3.57. The molecule has 0 bridgehead atoms. The molecule has 2 amide bonds. The highest BCUT2D eigenvalue weighted by atomic mass is 16.2. The second-order valence-electron chi connectivity index (χ2n) is 8.96. The molecule has 0 fully saturated rings. The zero-order valence-electron chi connectivity index (χ0n) is 19.8. The fourth-order valence-corrected chi connectivity index (χ4v) is 4.70. The number of anilines is 2. The number of aryl methyl sites for hydroxylation is 4. The Hall–Kier alpha value is -4.18. The van der Waals surface area contributed by atoms with Crippen LogP contribution >= 0.6 is 0 Å². The molecule has 4 aromatic carbocycles. The predicted octanol–water partition coefficient (Wildman–Crippen LogP) is 6.47. The van der Waals surface area contributed by atoms with E-state index in [1.807, 2.05) is 100 Å². The van der Waals surface area contributed by atoms with Gasteiger partial charge in [-0.15, -0.1) is 0 Å². The Kier molecular flexibility index (Phi) is 5.29. The summed E-state index contributed by atoms with van der Waals surface area (Å²) in [6.45, 7) is 8.02. The number of nitrogens with one attached hydrogen (secondary N) is 1. The normalized spacial score (nSPS) is 13.8. The predicted molar refractivity (Wildman–Crippen MR) is 139 cm³/mol. The van der Waals surface area contributed by atoms with Crippen molar-refractivity contribution in [3.05, 3.63) is 112 Å². The lowest BCUT2D eigenvalue weighted by molar-refractivity contribution is -0.120. The van der Waals surface area contributed by atoms with Crippen LogP contribution in [0.15, 0.2) is 84.6 Å². The van der Waals surface area contributed by atoms with E-state index in [0.29, 0.717) is 17.0 Å². The Balaban J connectivity index is 1.70. The summed E-state index contributed by atoms with van der Waals surface area (Å²) in [5, 5.41) is 5.16. The summed E-state index contributed by atoms with van der Waals surface area (Å²) < 4.78 is 0. The Morgan fingerprint density at radius 3 is 2.09 bits per heavy atom. The number of hydrogen-bond acceptors (Lipinski definition) is 3. The van der Waals surface area contributed by atoms with Crippen molar-refractivity contribution in [2.75, 3.05) is 10.2 Å². The monoisotopic (exact) mass is 446 g/mol. The first-order valence-corrected chi connectivity index (χ1v) is 11.4. The summed E-state index contributed by atoms with van der Waals surface area (Å²) in [5.74, 6) is -0.670. The molecular weight excluding hydrogens is 420 g/mol. The second kappa shape index (κ2) is 8.31. The van der Waals surface area contributed by atoms with Gasteiger partial charge in [-0.3, -0.25) is 9.59 Å². The van der Waals surface area contributed by atoms with Crippen LogP contribution in [0.1, 0.15) is 27.8 Å². The maximum atomic E-state index is 13.9. The smallest absolute Gasteiger partial charge is 0.282 e. The molecule has 34 heavy (non-hydrogen) atoms. The van der Waals surface area contributed by atoms with E-state index in [0.717, 1.165) is 44.3 Å². The lowest BCUT2D eigenvalue weighted by Gasteiger charge is -2.18. The number of nitrogens with zero attached hydrogens (tertiary/aromatic N) is 1. The van der Waals surface area contributed by atoms with Gasteiger partial charge < -0.3 is 5.32 Å². The molecule has 4 heteroatoms. The van der Waals surface area contributed by atoms with Gasteiger partial charge in [-0.25, -0.2) is 4.90 Å². The molecule has 1 N–H and O–H groups in total. The van der Waals surface area contributed by atoms with Crippen molar-refractivity contribution < 1.29 is 9.59 Å². The zero-order valence-corrected chi connectivity index (χ0v) is 19.8. The van der Waals surface area contributed by atoms with Crippen molar-refractivity contribution in [1.82, 2.24) is 0 Å². The fraction of sp³-hybridized carbons (Fsp3) is 0.133. The third-order valence-corrected chi connectivity index (χ3v) is 6.38. The topological polar surface area (TPSA) is 49.4 Å². The van der Waals surface area contributed by atoms with E-state index >= 15 is 0 Å². The third-order valence-electron chi connectivity index (χ3n) is 6.38. The van der Waals surface area contributed by atoms with Crippen LogP contribution in [-0.2, 0) is 9.59 Å². The minimum absolute atomic E-state index is 0.303. The second-order valence-corrected chi connectivity index (χ2v) is 8.96. The molecule has 0 atom stereocenters. The van der Waals surface area contributed by atoms with Crippen LogP contribution in [0.5, 0.6) is 0 Å². The standard InChI is InChI=1S/C30H26N2O2/c1-18-12-14-23(20(3)16-18)27-28(31-25-15-13-19(2)17-21(25)4)30(34)32(29(27)33)26-11-7-9-22-8-5-6-10-24(22)26/h5-17,31H,1-4H3. The highest BCUT2D eigenvalue weighted by Gasteiger charge is 2.41. The maximum Gasteiger partial charge on any atom is 0.282 e. The number of hydrogen-bond donors (Lipinski definition) is 1. The molecule has 1 heterocycles. The van der Waals surface area contributed by atoms with Gasteiger partial charge in [0.2, 0.25) is 0 Å². The van der Waals surface area contributed by atoms with Gasteiger partial charge in [0, 0.05) is 11.1 Å². The van der Waals surface area contributed by atoms with E-state index < -0.39 is 0 Å². The highest BCUT2D eigenvalue weighted by molar-refractivity contribution is 6.47. The number of benzene rings is 4. The largest absolute Gasteiger partial charge is 0.350 e. The lowest BCUT2D eigenvalue weighted by atomic mass is 9.97. The van der Waals surface area contributed by atoms with E-state index in [1.165, 1.54) is 4.90 Å². The quantitative estimate of drug-likeness (QED) is 0.366. The molecule has 4 nitrogen and oxygen atoms in total. The van der Waals surface area contributed by atoms with Crippen molar-refractivity contribution in [2.24, 2.45) is 0 Å². The number of amides is 2. The van der Waals surface area contributed by atoms with Gasteiger partial charge in [-0.1, -0.05) is 77.9 Å². The summed E-state index contributed by atoms with van der Waals surface area (Å²) in [4.78, 5) is 29.1. The van der Waals surface area contributed by atoms with Gasteiger partial charge >= 0.3 is 0 Å². The molecule has 0 saturated carbocycles. The van der Waals surface area contributed by atoms with Crippen LogP contribution in [0.2, 0.25) is 0 Å². The molecule has 168 valence electrons. The van der Waals surface area contributed by atoms with Gasteiger partial charge in [0.25, 0.3) is 11.8 Å². The van der Waals surface area contributed by atoms with Crippen molar-refractivity contribution in [1.29, 1.82) is 0 Å². The number of carbonyl (C=O) groups is 2. The molecule has 1 aliphatic heterocycles. The van der Waals surface area contributed by atoms with Crippen LogP contribution in [0.3, 0.4) is 0 Å². The molecular formula is C30H26N2O2. The van der Waals surface area contributed by atoms with E-state index in [9.17, 15) is 9.59 Å². The number of imide groups is 1. The summed E-state index contributed by atoms with van der Waals surface area (Å²) >= 11 is 0. The van der Waals surface area contributed by atoms with Crippen LogP contribution in [0, 0.1) is 27.7 Å². The van der Waals surface area contributed by atoms with Crippen molar-refractivity contribution in [2.45, 2.75) is 27.7 Å². The Bertz CT molecular complexity index is 1510. The average molecular weight is 447 g/mol. The molecule has 1 aliphatic rings. The minimum Gasteiger partial charge on any atom is -0.350 e. The molecule has 0 aromatic heterocycles. The summed E-state index contributed by atoms with van der Waals surface area (Å²) in [6, 6.07) is 25.4. The fourth-order valence-electron chi connectivity index (χ4n) is 4.70. The first kappa shape index (κ1) is 21.7. The molecule has 0 spiro atoms. The van der Waals surface area contributed by atoms with Gasteiger partial charge in [-0.05, 0) is 61.9 Å². The Labute approximate surface area is 199 Å².